The molecule has 4 rings (SSSR count). The molecule has 0 aliphatic rings. The van der Waals surface area contributed by atoms with Crippen molar-refractivity contribution in [1.29, 1.82) is 0 Å². The van der Waals surface area contributed by atoms with Crippen molar-refractivity contribution < 1.29 is 14.4 Å². The van der Waals surface area contributed by atoms with Gasteiger partial charge in [-0.25, -0.2) is 0 Å². The Kier molecular flexibility index (Phi) is 11.1. The minimum Gasteiger partial charge on any atom is -0.324 e. The summed E-state index contributed by atoms with van der Waals surface area (Å²) in [7, 11) is 0. The van der Waals surface area contributed by atoms with E-state index in [1.807, 2.05) is 13.0 Å². The number of carbonyl (C=O) groups excluding carboxylic acids is 3. The van der Waals surface area contributed by atoms with Gasteiger partial charge in [-0.05, 0) is 78.7 Å². The first kappa shape index (κ1) is 31.2. The zero-order valence-electron chi connectivity index (χ0n) is 22.4. The SMILES string of the molecule is CCC(Sc1cccc(NC(=O)/C(=C/c2ccc(Cl)cc2)NC(=O)c2ccccc2)c1)C(=O)Nc1ccc(Cl)cc1Cl. The molecule has 0 aliphatic carbocycles. The van der Waals surface area contributed by atoms with Gasteiger partial charge in [0.05, 0.1) is 16.0 Å². The fraction of sp³-hybridized carbons (Fsp3) is 0.0938. The van der Waals surface area contributed by atoms with E-state index in [4.69, 9.17) is 34.8 Å². The van der Waals surface area contributed by atoms with E-state index in [0.717, 1.165) is 4.90 Å². The molecule has 4 aromatic carbocycles. The molecule has 0 aliphatic heterocycles. The van der Waals surface area contributed by atoms with Crippen molar-refractivity contribution >= 4 is 81.7 Å². The van der Waals surface area contributed by atoms with Crippen molar-refractivity contribution in [3.05, 3.63) is 129 Å². The van der Waals surface area contributed by atoms with E-state index >= 15 is 0 Å². The van der Waals surface area contributed by atoms with Gasteiger partial charge in [0, 0.05) is 26.2 Å². The molecule has 6 nitrogen and oxygen atoms in total. The molecule has 0 aromatic heterocycles. The third kappa shape index (κ3) is 8.87. The highest BCUT2D eigenvalue weighted by atomic mass is 35.5. The number of hydrogen-bond donors (Lipinski definition) is 3. The minimum atomic E-state index is -0.515. The van der Waals surface area contributed by atoms with Crippen molar-refractivity contribution in [3.63, 3.8) is 0 Å². The fourth-order valence-corrected chi connectivity index (χ4v) is 5.40. The van der Waals surface area contributed by atoms with E-state index in [1.54, 1.807) is 97.1 Å². The van der Waals surface area contributed by atoms with Gasteiger partial charge in [0.25, 0.3) is 11.8 Å². The zero-order chi connectivity index (χ0) is 30.1. The Morgan fingerprint density at radius 3 is 2.21 bits per heavy atom. The summed E-state index contributed by atoms with van der Waals surface area (Å²) in [5.74, 6) is -1.15. The highest BCUT2D eigenvalue weighted by Crippen LogP contribution is 2.31. The Labute approximate surface area is 263 Å². The molecule has 0 bridgehead atoms. The number of nitrogens with one attached hydrogen (secondary N) is 3. The first-order chi connectivity index (χ1) is 20.2. The number of halogens is 3. The Balaban J connectivity index is 1.50. The van der Waals surface area contributed by atoms with Crippen LogP contribution in [0.4, 0.5) is 11.4 Å². The fourth-order valence-electron chi connectivity index (χ4n) is 3.80. The molecule has 0 heterocycles. The van der Waals surface area contributed by atoms with Crippen molar-refractivity contribution in [2.75, 3.05) is 10.6 Å². The zero-order valence-corrected chi connectivity index (χ0v) is 25.5. The summed E-state index contributed by atoms with van der Waals surface area (Å²) >= 11 is 19.5. The van der Waals surface area contributed by atoms with E-state index in [2.05, 4.69) is 16.0 Å². The molecule has 0 fully saturated rings. The second kappa shape index (κ2) is 14.9. The van der Waals surface area contributed by atoms with Gasteiger partial charge in [0.15, 0.2) is 0 Å². The van der Waals surface area contributed by atoms with Crippen LogP contribution in [0.1, 0.15) is 29.3 Å². The second-order valence-corrected chi connectivity index (χ2v) is 11.6. The maximum Gasteiger partial charge on any atom is 0.272 e. The Hall–Kier alpha value is -3.75. The Morgan fingerprint density at radius 2 is 1.52 bits per heavy atom. The summed E-state index contributed by atoms with van der Waals surface area (Å²) in [5.41, 5.74) is 2.12. The number of thioether (sulfide) groups is 1. The first-order valence-electron chi connectivity index (χ1n) is 12.9. The normalized spacial score (nSPS) is 11.9. The standard InChI is InChI=1S/C32H26Cl3N3O3S/c1-2-29(32(41)37-27-16-15-23(34)18-26(27)35)42-25-10-6-9-24(19-25)36-31(40)28(17-20-11-13-22(33)14-12-20)38-30(39)21-7-4-3-5-8-21/h3-19,29H,2H2,1H3,(H,36,40)(H,37,41)(H,38,39)/b28-17-. The summed E-state index contributed by atoms with van der Waals surface area (Å²) in [6.45, 7) is 1.91. The second-order valence-electron chi connectivity index (χ2n) is 9.04. The third-order valence-electron chi connectivity index (χ3n) is 5.93. The van der Waals surface area contributed by atoms with Gasteiger partial charge in [-0.3, -0.25) is 14.4 Å². The molecular formula is C32H26Cl3N3O3S. The number of hydrogen-bond acceptors (Lipinski definition) is 4. The average Bonchev–Trinajstić information content (AvgIpc) is 2.98. The lowest BCUT2D eigenvalue weighted by atomic mass is 10.1. The number of benzene rings is 4. The molecule has 214 valence electrons. The summed E-state index contributed by atoms with van der Waals surface area (Å²) in [5, 5.41) is 9.38. The van der Waals surface area contributed by atoms with Gasteiger partial charge >= 0.3 is 0 Å². The van der Waals surface area contributed by atoms with Crippen LogP contribution in [-0.2, 0) is 9.59 Å². The highest BCUT2D eigenvalue weighted by Gasteiger charge is 2.20. The van der Waals surface area contributed by atoms with Crippen LogP contribution in [-0.4, -0.2) is 23.0 Å². The number of carbonyl (C=O) groups is 3. The van der Waals surface area contributed by atoms with E-state index < -0.39 is 17.1 Å². The topological polar surface area (TPSA) is 87.3 Å². The molecule has 42 heavy (non-hydrogen) atoms. The lowest BCUT2D eigenvalue weighted by Gasteiger charge is -2.16. The molecule has 0 saturated heterocycles. The minimum absolute atomic E-state index is 0.0508. The monoisotopic (exact) mass is 637 g/mol. The largest absolute Gasteiger partial charge is 0.324 e. The van der Waals surface area contributed by atoms with Crippen molar-refractivity contribution in [3.8, 4) is 0 Å². The van der Waals surface area contributed by atoms with Crippen molar-refractivity contribution in [1.82, 2.24) is 5.32 Å². The Morgan fingerprint density at radius 1 is 0.810 bits per heavy atom. The van der Waals surface area contributed by atoms with E-state index in [-0.39, 0.29) is 11.6 Å². The quantitative estimate of drug-likeness (QED) is 0.120. The average molecular weight is 639 g/mol. The number of amides is 3. The molecule has 0 radical (unpaired) electrons. The molecule has 4 aromatic rings. The predicted octanol–water partition coefficient (Wildman–Crippen LogP) is 8.57. The molecule has 3 N–H and O–H groups in total. The molecule has 3 amide bonds. The van der Waals surface area contributed by atoms with Gasteiger partial charge in [-0.2, -0.15) is 0 Å². The van der Waals surface area contributed by atoms with Crippen LogP contribution in [0.25, 0.3) is 6.08 Å². The van der Waals surface area contributed by atoms with Crippen LogP contribution in [0.5, 0.6) is 0 Å². The van der Waals surface area contributed by atoms with E-state index in [9.17, 15) is 14.4 Å². The van der Waals surface area contributed by atoms with Crippen LogP contribution in [0.15, 0.2) is 108 Å². The summed E-state index contributed by atoms with van der Waals surface area (Å²) < 4.78 is 0. The van der Waals surface area contributed by atoms with E-state index in [1.165, 1.54) is 11.8 Å². The molecular weight excluding hydrogens is 613 g/mol. The van der Waals surface area contributed by atoms with Crippen LogP contribution in [0, 0.1) is 0 Å². The van der Waals surface area contributed by atoms with Crippen molar-refractivity contribution in [2.24, 2.45) is 0 Å². The van der Waals surface area contributed by atoms with Gasteiger partial charge in [0.1, 0.15) is 5.70 Å². The highest BCUT2D eigenvalue weighted by molar-refractivity contribution is 8.00. The van der Waals surface area contributed by atoms with Gasteiger partial charge < -0.3 is 16.0 Å². The molecule has 1 atom stereocenters. The molecule has 10 heteroatoms. The van der Waals surface area contributed by atoms with Gasteiger partial charge in [-0.1, -0.05) is 78.1 Å². The maximum atomic E-state index is 13.4. The third-order valence-corrected chi connectivity index (χ3v) is 8.09. The van der Waals surface area contributed by atoms with Gasteiger partial charge in [-0.15, -0.1) is 11.8 Å². The molecule has 0 saturated carbocycles. The van der Waals surface area contributed by atoms with Gasteiger partial charge in [0.2, 0.25) is 5.91 Å². The predicted molar refractivity (Wildman–Crippen MR) is 173 cm³/mol. The number of rotatable bonds is 10. The smallest absolute Gasteiger partial charge is 0.272 e. The molecule has 0 spiro atoms. The first-order valence-corrected chi connectivity index (χ1v) is 14.9. The summed E-state index contributed by atoms with van der Waals surface area (Å²) in [6, 6.07) is 27.5. The summed E-state index contributed by atoms with van der Waals surface area (Å²) in [4.78, 5) is 40.1. The Bertz CT molecular complexity index is 1610. The molecule has 1 unspecified atom stereocenters. The lowest BCUT2D eigenvalue weighted by molar-refractivity contribution is -0.116. The number of anilines is 2. The van der Waals surface area contributed by atoms with Crippen LogP contribution in [0.3, 0.4) is 0 Å². The summed E-state index contributed by atoms with van der Waals surface area (Å²) in [6.07, 6.45) is 2.13. The van der Waals surface area contributed by atoms with E-state index in [0.29, 0.717) is 44.0 Å². The van der Waals surface area contributed by atoms with Crippen LogP contribution in [0.2, 0.25) is 15.1 Å². The van der Waals surface area contributed by atoms with Crippen LogP contribution >= 0.6 is 46.6 Å². The van der Waals surface area contributed by atoms with Crippen LogP contribution < -0.4 is 16.0 Å². The van der Waals surface area contributed by atoms with Crippen molar-refractivity contribution in [2.45, 2.75) is 23.5 Å². The maximum absolute atomic E-state index is 13.4. The lowest BCUT2D eigenvalue weighted by Crippen LogP contribution is -2.30.